The van der Waals surface area contributed by atoms with Crippen molar-refractivity contribution in [2.45, 2.75) is 33.1 Å². The molecule has 1 nitrogen and oxygen atoms in total. The molecule has 0 radical (unpaired) electrons. The van der Waals surface area contributed by atoms with Gasteiger partial charge in [0, 0.05) is 6.42 Å². The molecule has 0 aromatic rings. The number of allylic oxidation sites excluding steroid dienone is 4. The van der Waals surface area contributed by atoms with Crippen LogP contribution >= 0.6 is 0 Å². The quantitative estimate of drug-likeness (QED) is 0.668. The first-order valence-electron chi connectivity index (χ1n) is 4.55. The van der Waals surface area contributed by atoms with Crippen molar-refractivity contribution < 1.29 is 17.9 Å². The molecule has 0 saturated carbocycles. The highest BCUT2D eigenvalue weighted by molar-refractivity contribution is 5.26. The molecule has 0 fully saturated rings. The monoisotopic (exact) mass is 206 g/mol. The van der Waals surface area contributed by atoms with Gasteiger partial charge in [-0.1, -0.05) is 19.9 Å². The van der Waals surface area contributed by atoms with Crippen molar-refractivity contribution in [1.29, 1.82) is 0 Å². The number of hydrogen-bond donors (Lipinski definition) is 0. The Morgan fingerprint density at radius 2 is 2.00 bits per heavy atom. The van der Waals surface area contributed by atoms with Gasteiger partial charge in [0.1, 0.15) is 5.76 Å². The largest absolute Gasteiger partial charge is 0.572 e. The van der Waals surface area contributed by atoms with Crippen LogP contribution in [0.2, 0.25) is 0 Å². The van der Waals surface area contributed by atoms with Crippen LogP contribution < -0.4 is 0 Å². The van der Waals surface area contributed by atoms with Gasteiger partial charge in [0.05, 0.1) is 0 Å². The fraction of sp³-hybridized carbons (Fsp3) is 0.600. The highest BCUT2D eigenvalue weighted by Gasteiger charge is 2.32. The van der Waals surface area contributed by atoms with E-state index in [0.717, 1.165) is 5.57 Å². The van der Waals surface area contributed by atoms with Crippen LogP contribution in [0.4, 0.5) is 13.2 Å². The first kappa shape index (κ1) is 11.1. The molecular formula is C10H13F3O. The summed E-state index contributed by atoms with van der Waals surface area (Å²) >= 11 is 0. The van der Waals surface area contributed by atoms with E-state index in [0.29, 0.717) is 12.8 Å². The van der Waals surface area contributed by atoms with Gasteiger partial charge < -0.3 is 4.74 Å². The lowest BCUT2D eigenvalue weighted by Crippen LogP contribution is -2.14. The summed E-state index contributed by atoms with van der Waals surface area (Å²) in [5.41, 5.74) is 0.913. The van der Waals surface area contributed by atoms with Crippen molar-refractivity contribution in [3.8, 4) is 0 Å². The summed E-state index contributed by atoms with van der Waals surface area (Å²) in [6.45, 7) is 3.89. The maximum Gasteiger partial charge on any atom is 0.572 e. The number of rotatable bonds is 2. The fourth-order valence-corrected chi connectivity index (χ4v) is 1.33. The lowest BCUT2D eigenvalue weighted by molar-refractivity contribution is -0.306. The molecule has 0 spiro atoms. The second-order valence-corrected chi connectivity index (χ2v) is 3.56. The third kappa shape index (κ3) is 3.44. The minimum atomic E-state index is -4.56. The van der Waals surface area contributed by atoms with Gasteiger partial charge in [-0.05, 0) is 24.0 Å². The van der Waals surface area contributed by atoms with Crippen LogP contribution in [0.5, 0.6) is 0 Å². The van der Waals surface area contributed by atoms with E-state index < -0.39 is 6.36 Å². The Morgan fingerprint density at radius 1 is 1.36 bits per heavy atom. The Balaban J connectivity index is 2.68. The zero-order valence-electron chi connectivity index (χ0n) is 8.19. The predicted molar refractivity (Wildman–Crippen MR) is 47.4 cm³/mol. The van der Waals surface area contributed by atoms with Crippen LogP contribution in [-0.4, -0.2) is 6.36 Å². The molecule has 0 bridgehead atoms. The van der Waals surface area contributed by atoms with Gasteiger partial charge in [0.2, 0.25) is 0 Å². The van der Waals surface area contributed by atoms with Crippen LogP contribution in [0.25, 0.3) is 0 Å². The smallest absolute Gasteiger partial charge is 0.410 e. The molecule has 0 aliphatic heterocycles. The molecule has 0 saturated heterocycles. The molecule has 0 amide bonds. The molecule has 1 rings (SSSR count). The molecule has 0 atom stereocenters. The maximum absolute atomic E-state index is 11.9. The molecule has 1 aliphatic rings. The van der Waals surface area contributed by atoms with Gasteiger partial charge in [-0.3, -0.25) is 0 Å². The number of hydrogen-bond acceptors (Lipinski definition) is 1. The van der Waals surface area contributed by atoms with E-state index in [1.807, 2.05) is 19.9 Å². The SMILES string of the molecule is CC(C)C1=CCCC(OC(F)(F)F)=C1. The number of ether oxygens (including phenoxy) is 1. The third-order valence-electron chi connectivity index (χ3n) is 2.01. The van der Waals surface area contributed by atoms with Crippen molar-refractivity contribution in [2.24, 2.45) is 5.92 Å². The van der Waals surface area contributed by atoms with Gasteiger partial charge in [-0.25, -0.2) is 0 Å². The zero-order chi connectivity index (χ0) is 10.8. The number of alkyl halides is 3. The van der Waals surface area contributed by atoms with E-state index in [-0.39, 0.29) is 11.7 Å². The normalized spacial score (nSPS) is 17.9. The Bertz CT molecular complexity index is 261. The van der Waals surface area contributed by atoms with E-state index in [4.69, 9.17) is 0 Å². The molecule has 0 N–H and O–H groups in total. The van der Waals surface area contributed by atoms with E-state index in [2.05, 4.69) is 4.74 Å². The second kappa shape index (κ2) is 4.07. The summed E-state index contributed by atoms with van der Waals surface area (Å²) in [5.74, 6) is 0.255. The van der Waals surface area contributed by atoms with Crippen LogP contribution in [0.3, 0.4) is 0 Å². The minimum Gasteiger partial charge on any atom is -0.410 e. The second-order valence-electron chi connectivity index (χ2n) is 3.56. The van der Waals surface area contributed by atoms with E-state index >= 15 is 0 Å². The summed E-state index contributed by atoms with van der Waals surface area (Å²) in [7, 11) is 0. The van der Waals surface area contributed by atoms with Gasteiger partial charge >= 0.3 is 6.36 Å². The predicted octanol–water partition coefficient (Wildman–Crippen LogP) is 3.78. The lowest BCUT2D eigenvalue weighted by atomic mass is 9.96. The average Bonchev–Trinajstić information content (AvgIpc) is 2.01. The van der Waals surface area contributed by atoms with Crippen LogP contribution in [-0.2, 0) is 4.74 Å². The van der Waals surface area contributed by atoms with Crippen molar-refractivity contribution in [3.05, 3.63) is 23.5 Å². The summed E-state index contributed by atoms with van der Waals surface area (Å²) in [6, 6.07) is 0. The third-order valence-corrected chi connectivity index (χ3v) is 2.01. The summed E-state index contributed by atoms with van der Waals surface area (Å²) < 4.78 is 39.5. The topological polar surface area (TPSA) is 9.23 Å². The Kier molecular flexibility index (Phi) is 3.24. The molecular weight excluding hydrogens is 193 g/mol. The average molecular weight is 206 g/mol. The van der Waals surface area contributed by atoms with Crippen LogP contribution in [0, 0.1) is 5.92 Å². The zero-order valence-corrected chi connectivity index (χ0v) is 8.19. The van der Waals surface area contributed by atoms with Gasteiger partial charge in [0.15, 0.2) is 0 Å². The van der Waals surface area contributed by atoms with Gasteiger partial charge in [0.25, 0.3) is 0 Å². The Hall–Kier alpha value is -0.930. The maximum atomic E-state index is 11.9. The standard InChI is InChI=1S/C10H13F3O/c1-7(2)8-4-3-5-9(6-8)14-10(11,12)13/h4,6-7H,3,5H2,1-2H3. The first-order chi connectivity index (χ1) is 6.38. The minimum absolute atomic E-state index is 0.0173. The molecule has 0 unspecified atom stereocenters. The molecule has 0 aromatic heterocycles. The molecule has 1 aliphatic carbocycles. The summed E-state index contributed by atoms with van der Waals surface area (Å²) in [4.78, 5) is 0. The van der Waals surface area contributed by atoms with Crippen LogP contribution in [0.1, 0.15) is 26.7 Å². The van der Waals surface area contributed by atoms with Crippen molar-refractivity contribution in [3.63, 3.8) is 0 Å². The molecule has 0 aromatic carbocycles. The molecule has 4 heteroatoms. The van der Waals surface area contributed by atoms with Crippen LogP contribution in [0.15, 0.2) is 23.5 Å². The number of halogens is 3. The van der Waals surface area contributed by atoms with E-state index in [1.165, 1.54) is 6.08 Å². The van der Waals surface area contributed by atoms with Crippen molar-refractivity contribution >= 4 is 0 Å². The Labute approximate surface area is 81.2 Å². The highest BCUT2D eigenvalue weighted by Crippen LogP contribution is 2.28. The summed E-state index contributed by atoms with van der Waals surface area (Å²) in [6.07, 6.45) is -0.175. The lowest BCUT2D eigenvalue weighted by Gasteiger charge is -2.18. The van der Waals surface area contributed by atoms with E-state index in [1.54, 1.807) is 0 Å². The van der Waals surface area contributed by atoms with Gasteiger partial charge in [-0.2, -0.15) is 0 Å². The fourth-order valence-electron chi connectivity index (χ4n) is 1.33. The first-order valence-corrected chi connectivity index (χ1v) is 4.55. The van der Waals surface area contributed by atoms with E-state index in [9.17, 15) is 13.2 Å². The van der Waals surface area contributed by atoms with Crippen molar-refractivity contribution in [2.75, 3.05) is 0 Å². The van der Waals surface area contributed by atoms with Crippen molar-refractivity contribution in [1.82, 2.24) is 0 Å². The Morgan fingerprint density at radius 3 is 2.50 bits per heavy atom. The molecule has 14 heavy (non-hydrogen) atoms. The summed E-state index contributed by atoms with van der Waals surface area (Å²) in [5, 5.41) is 0. The van der Waals surface area contributed by atoms with Gasteiger partial charge in [-0.15, -0.1) is 13.2 Å². The highest BCUT2D eigenvalue weighted by atomic mass is 19.4. The molecule has 80 valence electrons. The molecule has 0 heterocycles.